The molecule has 0 saturated heterocycles. The first kappa shape index (κ1) is 21.9. The molecule has 1 fully saturated rings. The van der Waals surface area contributed by atoms with Crippen LogP contribution < -0.4 is 16.0 Å². The van der Waals surface area contributed by atoms with Gasteiger partial charge in [0.05, 0.1) is 35.9 Å². The van der Waals surface area contributed by atoms with E-state index in [-0.39, 0.29) is 34.7 Å². The van der Waals surface area contributed by atoms with E-state index in [0.717, 1.165) is 29.7 Å². The maximum Gasteiger partial charge on any atom is 0.404 e. The molecule has 33 heavy (non-hydrogen) atoms. The average Bonchev–Trinajstić information content (AvgIpc) is 3.31. The number of nitriles is 1. The second kappa shape index (κ2) is 9.43. The fraction of sp³-hybridized carbons (Fsp3) is 0.300. The van der Waals surface area contributed by atoms with Crippen molar-refractivity contribution in [3.63, 3.8) is 0 Å². The first-order valence-electron chi connectivity index (χ1n) is 10.1. The Hall–Kier alpha value is -4.34. The molecule has 2 atom stereocenters. The van der Waals surface area contributed by atoms with Crippen molar-refractivity contribution in [3.8, 4) is 11.9 Å². The maximum absolute atomic E-state index is 14.6. The third-order valence-corrected chi connectivity index (χ3v) is 5.22. The normalized spacial score (nSPS) is 17.7. The lowest BCUT2D eigenvalue weighted by Gasteiger charge is -2.32. The Morgan fingerprint density at radius 2 is 1.97 bits per heavy atom. The van der Waals surface area contributed by atoms with Gasteiger partial charge in [-0.1, -0.05) is 18.1 Å². The van der Waals surface area contributed by atoms with E-state index in [9.17, 15) is 18.8 Å². The van der Waals surface area contributed by atoms with Gasteiger partial charge in [-0.2, -0.15) is 9.94 Å². The number of rotatable bonds is 6. The van der Waals surface area contributed by atoms with Gasteiger partial charge in [0, 0.05) is 12.1 Å². The van der Waals surface area contributed by atoms with Crippen LogP contribution in [0.4, 0.5) is 30.9 Å². The van der Waals surface area contributed by atoms with E-state index in [4.69, 9.17) is 5.11 Å². The zero-order valence-corrected chi connectivity index (χ0v) is 17.2. The molecule has 0 spiro atoms. The molecule has 0 radical (unpaired) electrons. The minimum Gasteiger partial charge on any atom is -0.465 e. The fourth-order valence-corrected chi connectivity index (χ4v) is 3.71. The van der Waals surface area contributed by atoms with Gasteiger partial charge in [0.25, 0.3) is 0 Å². The van der Waals surface area contributed by atoms with Crippen molar-refractivity contribution >= 4 is 23.4 Å². The van der Waals surface area contributed by atoms with Crippen LogP contribution in [-0.2, 0) is 0 Å². The summed E-state index contributed by atoms with van der Waals surface area (Å²) in [4.78, 5) is 19.3. The molecule has 1 amide bonds. The van der Waals surface area contributed by atoms with Crippen molar-refractivity contribution in [2.75, 3.05) is 10.6 Å². The molecule has 3 aromatic heterocycles. The summed E-state index contributed by atoms with van der Waals surface area (Å²) in [5, 5.41) is 33.9. The molecule has 4 rings (SSSR count). The van der Waals surface area contributed by atoms with Crippen molar-refractivity contribution in [1.82, 2.24) is 30.3 Å². The molecular formula is C20H19F2N9O2. The molecule has 4 N–H and O–H groups in total. The third kappa shape index (κ3) is 4.95. The zero-order valence-electron chi connectivity index (χ0n) is 17.2. The first-order valence-corrected chi connectivity index (χ1v) is 10.1. The number of pyridine rings is 2. The van der Waals surface area contributed by atoms with Gasteiger partial charge >= 0.3 is 6.09 Å². The number of hydrogen-bond acceptors (Lipinski definition) is 8. The zero-order chi connectivity index (χ0) is 23.4. The predicted octanol–water partition coefficient (Wildman–Crippen LogP) is 2.94. The summed E-state index contributed by atoms with van der Waals surface area (Å²) in [6.07, 6.45) is 5.89. The summed E-state index contributed by atoms with van der Waals surface area (Å²) in [5.41, 5.74) is 0.0867. The molecule has 11 nitrogen and oxygen atoms in total. The Morgan fingerprint density at radius 3 is 2.64 bits per heavy atom. The minimum absolute atomic E-state index is 0.00495. The van der Waals surface area contributed by atoms with Crippen LogP contribution in [-0.4, -0.2) is 48.2 Å². The Labute approximate surface area is 186 Å². The van der Waals surface area contributed by atoms with Crippen LogP contribution in [0.2, 0.25) is 0 Å². The van der Waals surface area contributed by atoms with Crippen LogP contribution in [0.25, 0.3) is 5.82 Å². The Kier molecular flexibility index (Phi) is 6.25. The lowest BCUT2D eigenvalue weighted by atomic mass is 9.90. The predicted molar refractivity (Wildman–Crippen MR) is 112 cm³/mol. The highest BCUT2D eigenvalue weighted by atomic mass is 19.1. The summed E-state index contributed by atoms with van der Waals surface area (Å²) < 4.78 is 30.3. The van der Waals surface area contributed by atoms with Gasteiger partial charge in [-0.05, 0) is 18.9 Å². The molecule has 0 aliphatic heterocycles. The molecule has 1 aliphatic carbocycles. The van der Waals surface area contributed by atoms with Gasteiger partial charge in [0.15, 0.2) is 29.1 Å². The van der Waals surface area contributed by atoms with E-state index in [1.165, 1.54) is 18.6 Å². The number of halogens is 2. The van der Waals surface area contributed by atoms with Crippen LogP contribution in [0, 0.1) is 23.0 Å². The third-order valence-electron chi connectivity index (χ3n) is 5.22. The lowest BCUT2D eigenvalue weighted by Crippen LogP contribution is -2.48. The van der Waals surface area contributed by atoms with Crippen LogP contribution in [0.3, 0.4) is 0 Å². The van der Waals surface area contributed by atoms with Crippen molar-refractivity contribution in [3.05, 3.63) is 47.9 Å². The number of nitrogens with one attached hydrogen (secondary N) is 3. The van der Waals surface area contributed by atoms with E-state index < -0.39 is 23.8 Å². The monoisotopic (exact) mass is 455 g/mol. The average molecular weight is 455 g/mol. The maximum atomic E-state index is 14.6. The highest BCUT2D eigenvalue weighted by molar-refractivity contribution is 5.66. The van der Waals surface area contributed by atoms with Crippen LogP contribution in [0.1, 0.15) is 31.2 Å². The summed E-state index contributed by atoms with van der Waals surface area (Å²) in [7, 11) is 0. The lowest BCUT2D eigenvalue weighted by molar-refractivity contribution is 0.184. The molecule has 1 saturated carbocycles. The van der Waals surface area contributed by atoms with Gasteiger partial charge in [0.2, 0.25) is 0 Å². The molecule has 1 aliphatic rings. The second-order valence-electron chi connectivity index (χ2n) is 7.42. The number of amides is 1. The molecular weight excluding hydrogens is 436 g/mol. The van der Waals surface area contributed by atoms with Crippen molar-refractivity contribution in [2.45, 2.75) is 37.8 Å². The van der Waals surface area contributed by atoms with Crippen LogP contribution >= 0.6 is 0 Å². The van der Waals surface area contributed by atoms with Crippen LogP contribution in [0.15, 0.2) is 30.7 Å². The molecule has 3 aromatic rings. The SMILES string of the molecule is N#Cc1cc(F)c(N[C@@H]2CCCC[C@@H]2NC(=O)O)nc1Nc1cnc(-n2ccnn2)c(F)c1. The Bertz CT molecular complexity index is 1200. The van der Waals surface area contributed by atoms with E-state index in [2.05, 4.69) is 36.2 Å². The summed E-state index contributed by atoms with van der Waals surface area (Å²) in [6, 6.07) is 3.21. The van der Waals surface area contributed by atoms with E-state index >= 15 is 0 Å². The number of nitrogens with zero attached hydrogens (tertiary/aromatic N) is 6. The number of aromatic nitrogens is 5. The largest absolute Gasteiger partial charge is 0.465 e. The Balaban J connectivity index is 1.59. The van der Waals surface area contributed by atoms with Crippen LogP contribution in [0.5, 0.6) is 0 Å². The highest BCUT2D eigenvalue weighted by Crippen LogP contribution is 2.27. The molecule has 0 bridgehead atoms. The van der Waals surface area contributed by atoms with Gasteiger partial charge in [0.1, 0.15) is 6.07 Å². The van der Waals surface area contributed by atoms with Crippen molar-refractivity contribution in [2.24, 2.45) is 0 Å². The quantitative estimate of drug-likeness (QED) is 0.439. The summed E-state index contributed by atoms with van der Waals surface area (Å²) >= 11 is 0. The molecule has 170 valence electrons. The first-order chi connectivity index (χ1) is 15.9. The Morgan fingerprint density at radius 1 is 1.18 bits per heavy atom. The molecule has 0 unspecified atom stereocenters. The highest BCUT2D eigenvalue weighted by Gasteiger charge is 2.28. The van der Waals surface area contributed by atoms with E-state index in [0.29, 0.717) is 12.8 Å². The van der Waals surface area contributed by atoms with Gasteiger partial charge in [-0.25, -0.2) is 23.5 Å². The minimum atomic E-state index is -1.16. The molecule has 0 aromatic carbocycles. The van der Waals surface area contributed by atoms with Crippen molar-refractivity contribution < 1.29 is 18.7 Å². The molecule has 13 heteroatoms. The van der Waals surface area contributed by atoms with Gasteiger partial charge in [-0.3, -0.25) is 0 Å². The smallest absolute Gasteiger partial charge is 0.404 e. The number of carboxylic acid groups (broad SMARTS) is 1. The van der Waals surface area contributed by atoms with Gasteiger partial charge < -0.3 is 21.1 Å². The topological polar surface area (TPSA) is 154 Å². The van der Waals surface area contributed by atoms with Crippen molar-refractivity contribution in [1.29, 1.82) is 5.26 Å². The van der Waals surface area contributed by atoms with E-state index in [1.807, 2.05) is 6.07 Å². The van der Waals surface area contributed by atoms with Gasteiger partial charge in [-0.15, -0.1) is 5.10 Å². The summed E-state index contributed by atoms with van der Waals surface area (Å²) in [5.74, 6) is -1.68. The number of anilines is 3. The fourth-order valence-electron chi connectivity index (χ4n) is 3.71. The standard InChI is InChI=1S/C20H19F2N9O2/c21-13-7-11(9-23)17(26-12-8-14(22)19(24-10-12)31-6-5-25-30-31)29-18(13)27-15-3-1-2-4-16(15)28-20(32)33/h5-8,10,15-16,28H,1-4H2,(H,32,33)(H2,26,27,29)/t15-,16+/m1/s1. The number of carbonyl (C=O) groups is 1. The number of hydrogen-bond donors (Lipinski definition) is 4. The second-order valence-corrected chi connectivity index (χ2v) is 7.42. The molecule has 3 heterocycles. The van der Waals surface area contributed by atoms with E-state index in [1.54, 1.807) is 0 Å². The summed E-state index contributed by atoms with van der Waals surface area (Å²) in [6.45, 7) is 0.